The molecule has 1 aliphatic rings. The molecule has 0 N–H and O–H groups in total. The zero-order valence-electron chi connectivity index (χ0n) is 15.7. The van der Waals surface area contributed by atoms with Crippen molar-refractivity contribution in [2.24, 2.45) is 0 Å². The smallest absolute Gasteiger partial charge is 0.260 e. The minimum Gasteiger partial charge on any atom is -0.481 e. The van der Waals surface area contributed by atoms with Gasteiger partial charge in [-0.3, -0.25) is 9.36 Å². The first kappa shape index (κ1) is 18.9. The Morgan fingerprint density at radius 3 is 2.38 bits per heavy atom. The van der Waals surface area contributed by atoms with E-state index in [1.165, 1.54) is 18.2 Å². The first-order valence-corrected chi connectivity index (χ1v) is 9.32. The van der Waals surface area contributed by atoms with Crippen LogP contribution in [-0.4, -0.2) is 53.1 Å². The van der Waals surface area contributed by atoms with Gasteiger partial charge in [0.2, 0.25) is 5.95 Å². The largest absolute Gasteiger partial charge is 0.481 e. The first-order chi connectivity index (χ1) is 14.1. The molecule has 0 spiro atoms. The topological polar surface area (TPSA) is 50.6 Å². The average Bonchev–Trinajstić information content (AvgIpc) is 3.23. The van der Waals surface area contributed by atoms with Gasteiger partial charge in [-0.15, -0.1) is 0 Å². The van der Waals surface area contributed by atoms with Gasteiger partial charge in [-0.2, -0.15) is 0 Å². The Bertz CT molecular complexity index is 1000. The lowest BCUT2D eigenvalue weighted by Crippen LogP contribution is -2.50. The van der Waals surface area contributed by atoms with Gasteiger partial charge >= 0.3 is 0 Å². The molecule has 8 heteroatoms. The van der Waals surface area contributed by atoms with Gasteiger partial charge in [0.25, 0.3) is 5.91 Å². The molecule has 2 aromatic carbocycles. The molecule has 0 aliphatic carbocycles. The Kier molecular flexibility index (Phi) is 5.41. The van der Waals surface area contributed by atoms with Crippen LogP contribution in [0.4, 0.5) is 14.7 Å². The van der Waals surface area contributed by atoms with Crippen molar-refractivity contribution in [3.8, 4) is 11.4 Å². The van der Waals surface area contributed by atoms with Gasteiger partial charge < -0.3 is 14.5 Å². The predicted molar refractivity (Wildman–Crippen MR) is 104 cm³/mol. The molecule has 150 valence electrons. The molecule has 3 aromatic rings. The fourth-order valence-electron chi connectivity index (χ4n) is 3.31. The quantitative estimate of drug-likeness (QED) is 0.663. The molecule has 0 atom stereocenters. The summed E-state index contributed by atoms with van der Waals surface area (Å²) in [6, 6.07) is 12.5. The van der Waals surface area contributed by atoms with Crippen LogP contribution in [-0.2, 0) is 4.79 Å². The van der Waals surface area contributed by atoms with Gasteiger partial charge in [0.15, 0.2) is 18.2 Å². The normalized spacial score (nSPS) is 14.1. The minimum atomic E-state index is -0.495. The van der Waals surface area contributed by atoms with Gasteiger partial charge in [0, 0.05) is 38.6 Å². The zero-order valence-corrected chi connectivity index (χ0v) is 15.7. The number of hydrogen-bond acceptors (Lipinski definition) is 4. The zero-order chi connectivity index (χ0) is 20.2. The summed E-state index contributed by atoms with van der Waals surface area (Å²) < 4.78 is 34.8. The van der Waals surface area contributed by atoms with E-state index in [0.717, 1.165) is 0 Å². The molecule has 6 nitrogen and oxygen atoms in total. The van der Waals surface area contributed by atoms with Crippen molar-refractivity contribution in [3.63, 3.8) is 0 Å². The predicted octanol–water partition coefficient (Wildman–Crippen LogP) is 2.88. The van der Waals surface area contributed by atoms with Gasteiger partial charge in [-0.05, 0) is 24.3 Å². The highest BCUT2D eigenvalue weighted by molar-refractivity contribution is 5.78. The summed E-state index contributed by atoms with van der Waals surface area (Å²) in [5.41, 5.74) is 0.428. The standard InChI is InChI=1S/C21H20F2N4O2/c22-16-5-1-3-7-18(16)27-10-9-24-21(27)26-13-11-25(12-14-26)20(28)15-29-19-8-4-2-6-17(19)23/h1-10H,11-15H2. The summed E-state index contributed by atoms with van der Waals surface area (Å²) in [4.78, 5) is 20.4. The van der Waals surface area contributed by atoms with Gasteiger partial charge in [0.1, 0.15) is 5.82 Å². The van der Waals surface area contributed by atoms with E-state index in [0.29, 0.717) is 37.8 Å². The van der Waals surface area contributed by atoms with E-state index in [1.54, 1.807) is 52.2 Å². The van der Waals surface area contributed by atoms with E-state index in [2.05, 4.69) is 4.98 Å². The Labute approximate surface area is 166 Å². The van der Waals surface area contributed by atoms with Crippen LogP contribution in [0.2, 0.25) is 0 Å². The fraction of sp³-hybridized carbons (Fsp3) is 0.238. The maximum atomic E-state index is 14.2. The van der Waals surface area contributed by atoms with E-state index in [-0.39, 0.29) is 24.1 Å². The molecule has 2 heterocycles. The molecule has 1 aliphatic heterocycles. The number of piperazine rings is 1. The summed E-state index contributed by atoms with van der Waals surface area (Å²) in [5, 5.41) is 0. The second-order valence-corrected chi connectivity index (χ2v) is 6.64. The lowest BCUT2D eigenvalue weighted by molar-refractivity contribution is -0.133. The van der Waals surface area contributed by atoms with Crippen molar-refractivity contribution in [2.75, 3.05) is 37.7 Å². The van der Waals surface area contributed by atoms with E-state index in [9.17, 15) is 13.6 Å². The third kappa shape index (κ3) is 4.06. The number of rotatable bonds is 5. The van der Waals surface area contributed by atoms with Crippen molar-refractivity contribution >= 4 is 11.9 Å². The number of carbonyl (C=O) groups excluding carboxylic acids is 1. The van der Waals surface area contributed by atoms with Crippen LogP contribution in [0.15, 0.2) is 60.9 Å². The van der Waals surface area contributed by atoms with Crippen molar-refractivity contribution in [3.05, 3.63) is 72.6 Å². The van der Waals surface area contributed by atoms with Gasteiger partial charge in [0.05, 0.1) is 5.69 Å². The maximum absolute atomic E-state index is 14.2. The summed E-state index contributed by atoms with van der Waals surface area (Å²) in [6.45, 7) is 1.84. The molecular formula is C21H20F2N4O2. The lowest BCUT2D eigenvalue weighted by Gasteiger charge is -2.35. The molecule has 0 unspecified atom stereocenters. The third-order valence-corrected chi connectivity index (χ3v) is 4.84. The SMILES string of the molecule is O=C(COc1ccccc1F)N1CCN(c2nccn2-c2ccccc2F)CC1. The second-order valence-electron chi connectivity index (χ2n) is 6.64. The number of aromatic nitrogens is 2. The molecule has 1 aromatic heterocycles. The molecule has 1 saturated heterocycles. The van der Waals surface area contributed by atoms with Crippen LogP contribution in [0.3, 0.4) is 0 Å². The molecular weight excluding hydrogens is 378 g/mol. The van der Waals surface area contributed by atoms with E-state index >= 15 is 0 Å². The van der Waals surface area contributed by atoms with E-state index in [1.807, 2.05) is 4.90 Å². The molecule has 0 radical (unpaired) electrons. The lowest BCUT2D eigenvalue weighted by atomic mass is 10.3. The van der Waals surface area contributed by atoms with Gasteiger partial charge in [-0.25, -0.2) is 13.8 Å². The Morgan fingerprint density at radius 1 is 0.966 bits per heavy atom. The Balaban J connectivity index is 1.37. The highest BCUT2D eigenvalue weighted by atomic mass is 19.1. The summed E-state index contributed by atoms with van der Waals surface area (Å²) in [5.74, 6) is -0.336. The van der Waals surface area contributed by atoms with E-state index in [4.69, 9.17) is 4.74 Å². The van der Waals surface area contributed by atoms with Crippen molar-refractivity contribution in [2.45, 2.75) is 0 Å². The Morgan fingerprint density at radius 2 is 1.66 bits per heavy atom. The van der Waals surface area contributed by atoms with Crippen LogP contribution in [0.5, 0.6) is 5.75 Å². The highest BCUT2D eigenvalue weighted by Gasteiger charge is 2.24. The van der Waals surface area contributed by atoms with Crippen LogP contribution in [0.25, 0.3) is 5.69 Å². The molecule has 1 fully saturated rings. The van der Waals surface area contributed by atoms with Crippen LogP contribution < -0.4 is 9.64 Å². The number of para-hydroxylation sites is 2. The third-order valence-electron chi connectivity index (χ3n) is 4.84. The second kappa shape index (κ2) is 8.30. The number of halogens is 2. The molecule has 0 bridgehead atoms. The van der Waals surface area contributed by atoms with Crippen molar-refractivity contribution in [1.29, 1.82) is 0 Å². The summed E-state index contributed by atoms with van der Waals surface area (Å²) >= 11 is 0. The van der Waals surface area contributed by atoms with Crippen LogP contribution >= 0.6 is 0 Å². The summed E-state index contributed by atoms with van der Waals surface area (Å²) in [7, 11) is 0. The Hall–Kier alpha value is -3.42. The number of ether oxygens (including phenoxy) is 1. The van der Waals surface area contributed by atoms with E-state index < -0.39 is 5.82 Å². The monoisotopic (exact) mass is 398 g/mol. The molecule has 4 rings (SSSR count). The van der Waals surface area contributed by atoms with Crippen molar-refractivity contribution in [1.82, 2.24) is 14.5 Å². The maximum Gasteiger partial charge on any atom is 0.260 e. The number of hydrogen-bond donors (Lipinski definition) is 0. The number of anilines is 1. The molecule has 29 heavy (non-hydrogen) atoms. The number of carbonyl (C=O) groups is 1. The van der Waals surface area contributed by atoms with Gasteiger partial charge in [-0.1, -0.05) is 24.3 Å². The van der Waals surface area contributed by atoms with Crippen molar-refractivity contribution < 1.29 is 18.3 Å². The molecule has 1 amide bonds. The van der Waals surface area contributed by atoms with Crippen LogP contribution in [0, 0.1) is 11.6 Å². The fourth-order valence-corrected chi connectivity index (χ4v) is 3.31. The minimum absolute atomic E-state index is 0.0615. The number of benzene rings is 2. The summed E-state index contributed by atoms with van der Waals surface area (Å²) in [6.07, 6.45) is 3.34. The first-order valence-electron chi connectivity index (χ1n) is 9.32. The van der Waals surface area contributed by atoms with Crippen LogP contribution in [0.1, 0.15) is 0 Å². The number of nitrogens with zero attached hydrogens (tertiary/aromatic N) is 4. The number of amides is 1. The molecule has 0 saturated carbocycles. The number of imidazole rings is 1. The average molecular weight is 398 g/mol. The highest BCUT2D eigenvalue weighted by Crippen LogP contribution is 2.22.